The van der Waals surface area contributed by atoms with Crippen LogP contribution in [-0.4, -0.2) is 20.2 Å². The Balaban J connectivity index is 2.63. The van der Waals surface area contributed by atoms with Crippen molar-refractivity contribution in [2.75, 3.05) is 13.9 Å². The first-order valence-electron chi connectivity index (χ1n) is 4.33. The van der Waals surface area contributed by atoms with Crippen molar-refractivity contribution in [3.8, 4) is 11.5 Å². The van der Waals surface area contributed by atoms with Gasteiger partial charge >= 0.3 is 0 Å². The molecule has 15 heavy (non-hydrogen) atoms. The highest BCUT2D eigenvalue weighted by atomic mass is 19.1. The van der Waals surface area contributed by atoms with Gasteiger partial charge in [-0.15, -0.1) is 0 Å². The molecule has 1 heterocycles. The number of halogens is 1. The van der Waals surface area contributed by atoms with Gasteiger partial charge < -0.3 is 14.2 Å². The Labute approximate surface area is 85.6 Å². The highest BCUT2D eigenvalue weighted by Gasteiger charge is 2.23. The molecule has 0 atom stereocenters. The lowest BCUT2D eigenvalue weighted by atomic mass is 10.1. The molecular formula is C10H9FO4. The Morgan fingerprint density at radius 2 is 2.40 bits per heavy atom. The number of carbonyl (C=O) groups excluding carboxylic acids is 1. The minimum Gasteiger partial charge on any atom is -0.493 e. The van der Waals surface area contributed by atoms with E-state index >= 15 is 0 Å². The van der Waals surface area contributed by atoms with Gasteiger partial charge in [-0.2, -0.15) is 0 Å². The van der Waals surface area contributed by atoms with Crippen molar-refractivity contribution in [3.05, 3.63) is 23.0 Å². The van der Waals surface area contributed by atoms with Crippen LogP contribution in [0.1, 0.15) is 15.9 Å². The van der Waals surface area contributed by atoms with E-state index in [9.17, 15) is 9.18 Å². The average Bonchev–Trinajstić information content (AvgIpc) is 2.30. The van der Waals surface area contributed by atoms with Gasteiger partial charge in [0, 0.05) is 0 Å². The number of methoxy groups -OCH3 is 1. The second-order valence-electron chi connectivity index (χ2n) is 3.02. The number of ether oxygens (including phenoxy) is 3. The maximum Gasteiger partial charge on any atom is 0.189 e. The van der Waals surface area contributed by atoms with Crippen molar-refractivity contribution in [3.63, 3.8) is 0 Å². The van der Waals surface area contributed by atoms with Crippen molar-refractivity contribution in [2.45, 2.75) is 6.61 Å². The molecule has 0 saturated carbocycles. The number of hydrogen-bond donors (Lipinski definition) is 0. The molecular weight excluding hydrogens is 203 g/mol. The molecule has 1 aliphatic heterocycles. The highest BCUT2D eigenvalue weighted by molar-refractivity contribution is 5.78. The summed E-state index contributed by atoms with van der Waals surface area (Å²) in [6, 6.07) is 1.31. The van der Waals surface area contributed by atoms with E-state index in [0.717, 1.165) is 0 Å². The van der Waals surface area contributed by atoms with Gasteiger partial charge in [-0.25, -0.2) is 4.39 Å². The van der Waals surface area contributed by atoms with Crippen LogP contribution in [0.5, 0.6) is 11.5 Å². The van der Waals surface area contributed by atoms with Crippen molar-refractivity contribution in [1.29, 1.82) is 0 Å². The smallest absolute Gasteiger partial charge is 0.189 e. The van der Waals surface area contributed by atoms with Crippen molar-refractivity contribution in [1.82, 2.24) is 0 Å². The van der Waals surface area contributed by atoms with Crippen molar-refractivity contribution >= 4 is 6.29 Å². The topological polar surface area (TPSA) is 44.8 Å². The monoisotopic (exact) mass is 212 g/mol. The summed E-state index contributed by atoms with van der Waals surface area (Å²) in [6.07, 6.45) is 0.437. The predicted molar refractivity (Wildman–Crippen MR) is 48.6 cm³/mol. The Morgan fingerprint density at radius 3 is 3.07 bits per heavy atom. The average molecular weight is 212 g/mol. The van der Waals surface area contributed by atoms with Gasteiger partial charge in [-0.1, -0.05) is 0 Å². The molecule has 0 saturated heterocycles. The molecule has 2 rings (SSSR count). The quantitative estimate of drug-likeness (QED) is 0.697. The van der Waals surface area contributed by atoms with Crippen LogP contribution in [0.2, 0.25) is 0 Å². The van der Waals surface area contributed by atoms with E-state index in [2.05, 4.69) is 0 Å². The summed E-state index contributed by atoms with van der Waals surface area (Å²) in [7, 11) is 1.43. The largest absolute Gasteiger partial charge is 0.493 e. The first-order valence-corrected chi connectivity index (χ1v) is 4.33. The summed E-state index contributed by atoms with van der Waals surface area (Å²) in [5, 5.41) is 0. The molecule has 0 fully saturated rings. The Kier molecular flexibility index (Phi) is 2.55. The lowest BCUT2D eigenvalue weighted by Crippen LogP contribution is -2.15. The van der Waals surface area contributed by atoms with Gasteiger partial charge in [0.1, 0.15) is 5.82 Å². The third-order valence-electron chi connectivity index (χ3n) is 2.18. The third-order valence-corrected chi connectivity index (χ3v) is 2.18. The molecule has 1 aliphatic rings. The van der Waals surface area contributed by atoms with Crippen LogP contribution in [0.4, 0.5) is 4.39 Å². The van der Waals surface area contributed by atoms with Gasteiger partial charge in [0.15, 0.2) is 24.6 Å². The van der Waals surface area contributed by atoms with Crippen LogP contribution >= 0.6 is 0 Å². The number of carbonyl (C=O) groups is 1. The molecule has 0 aliphatic carbocycles. The highest BCUT2D eigenvalue weighted by Crippen LogP contribution is 2.37. The van der Waals surface area contributed by atoms with Crippen molar-refractivity contribution < 1.29 is 23.4 Å². The molecule has 1 aromatic carbocycles. The van der Waals surface area contributed by atoms with Gasteiger partial charge in [0.05, 0.1) is 24.8 Å². The van der Waals surface area contributed by atoms with E-state index in [4.69, 9.17) is 14.2 Å². The normalized spacial score (nSPS) is 14.0. The summed E-state index contributed by atoms with van der Waals surface area (Å²) in [6.45, 7) is 0.141. The fourth-order valence-electron chi connectivity index (χ4n) is 1.46. The molecule has 0 amide bonds. The summed E-state index contributed by atoms with van der Waals surface area (Å²) in [5.74, 6) is 0.0455. The Hall–Kier alpha value is -1.62. The van der Waals surface area contributed by atoms with Crippen molar-refractivity contribution in [2.24, 2.45) is 0 Å². The zero-order chi connectivity index (χ0) is 10.8. The van der Waals surface area contributed by atoms with Crippen LogP contribution in [0.25, 0.3) is 0 Å². The summed E-state index contributed by atoms with van der Waals surface area (Å²) >= 11 is 0. The standard InChI is InChI=1S/C10H9FO4/c1-13-8-2-6(3-12)9(11)7-4-14-5-15-10(7)8/h2-3H,4-5H2,1H3. The first-order chi connectivity index (χ1) is 7.27. The molecule has 1 aromatic rings. The molecule has 0 spiro atoms. The fourth-order valence-corrected chi connectivity index (χ4v) is 1.46. The Bertz CT molecular complexity index is 403. The first kappa shape index (κ1) is 9.92. The molecule has 0 unspecified atom stereocenters. The zero-order valence-electron chi connectivity index (χ0n) is 8.08. The van der Waals surface area contributed by atoms with E-state index in [1.807, 2.05) is 0 Å². The third kappa shape index (κ3) is 1.55. The number of hydrogen-bond acceptors (Lipinski definition) is 4. The molecule has 5 heteroatoms. The van der Waals surface area contributed by atoms with Crippen LogP contribution in [0, 0.1) is 5.82 Å². The fraction of sp³-hybridized carbons (Fsp3) is 0.300. The summed E-state index contributed by atoms with van der Waals surface area (Å²) in [5.41, 5.74) is 0.169. The lowest BCUT2D eigenvalue weighted by molar-refractivity contribution is -0.0199. The molecule has 4 nitrogen and oxygen atoms in total. The molecule has 0 N–H and O–H groups in total. The maximum absolute atomic E-state index is 13.6. The minimum atomic E-state index is -0.611. The van der Waals surface area contributed by atoms with Gasteiger partial charge in [0.2, 0.25) is 0 Å². The summed E-state index contributed by atoms with van der Waals surface area (Å²) in [4.78, 5) is 10.6. The minimum absolute atomic E-state index is 0.0558. The van der Waals surface area contributed by atoms with Crippen LogP contribution in [-0.2, 0) is 11.3 Å². The molecule has 0 radical (unpaired) electrons. The van der Waals surface area contributed by atoms with E-state index in [0.29, 0.717) is 17.8 Å². The Morgan fingerprint density at radius 1 is 1.60 bits per heavy atom. The van der Waals surface area contributed by atoms with Gasteiger partial charge in [-0.3, -0.25) is 4.79 Å². The predicted octanol–water partition coefficient (Wildman–Crippen LogP) is 1.51. The molecule has 80 valence electrons. The molecule has 0 bridgehead atoms. The molecule has 0 aromatic heterocycles. The number of aldehydes is 1. The van der Waals surface area contributed by atoms with Crippen LogP contribution in [0.15, 0.2) is 6.07 Å². The van der Waals surface area contributed by atoms with E-state index < -0.39 is 5.82 Å². The number of benzene rings is 1. The van der Waals surface area contributed by atoms with E-state index in [1.54, 1.807) is 0 Å². The number of rotatable bonds is 2. The number of fused-ring (bicyclic) bond motifs is 1. The maximum atomic E-state index is 13.6. The second-order valence-corrected chi connectivity index (χ2v) is 3.02. The van der Waals surface area contributed by atoms with E-state index in [-0.39, 0.29) is 24.5 Å². The van der Waals surface area contributed by atoms with Crippen LogP contribution in [0.3, 0.4) is 0 Å². The SMILES string of the molecule is COc1cc(C=O)c(F)c2c1OCOC2. The summed E-state index contributed by atoms with van der Waals surface area (Å²) < 4.78 is 28.7. The van der Waals surface area contributed by atoms with Crippen LogP contribution < -0.4 is 9.47 Å². The lowest BCUT2D eigenvalue weighted by Gasteiger charge is -2.21. The van der Waals surface area contributed by atoms with Gasteiger partial charge in [-0.05, 0) is 6.07 Å². The second kappa shape index (κ2) is 3.86. The zero-order valence-corrected chi connectivity index (χ0v) is 8.08. The van der Waals surface area contributed by atoms with Gasteiger partial charge in [0.25, 0.3) is 0 Å². The van der Waals surface area contributed by atoms with E-state index in [1.165, 1.54) is 13.2 Å².